The molecule has 2 heterocycles. The fourth-order valence-electron chi connectivity index (χ4n) is 2.52. The number of carbonyl (C=O) groups is 1. The van der Waals surface area contributed by atoms with E-state index in [-0.39, 0.29) is 10.7 Å². The van der Waals surface area contributed by atoms with Crippen LogP contribution in [0.4, 0.5) is 0 Å². The molecule has 1 amide bonds. The molecule has 2 aromatic heterocycles. The van der Waals surface area contributed by atoms with Crippen LogP contribution in [0, 0.1) is 0 Å². The van der Waals surface area contributed by atoms with Crippen molar-refractivity contribution in [2.24, 2.45) is 0 Å². The molecule has 5 nitrogen and oxygen atoms in total. The Morgan fingerprint density at radius 3 is 2.79 bits per heavy atom. The summed E-state index contributed by atoms with van der Waals surface area (Å²) in [6.07, 6.45) is 3.82. The molecule has 1 aliphatic carbocycles. The maximum Gasteiger partial charge on any atom is 0.271 e. The first-order valence-corrected chi connectivity index (χ1v) is 8.67. The molecule has 1 fully saturated rings. The van der Waals surface area contributed by atoms with E-state index in [4.69, 9.17) is 4.42 Å². The molecule has 2 N–H and O–H groups in total. The van der Waals surface area contributed by atoms with Crippen LogP contribution in [0.1, 0.15) is 23.3 Å². The van der Waals surface area contributed by atoms with E-state index in [1.807, 2.05) is 36.0 Å². The van der Waals surface area contributed by atoms with Crippen molar-refractivity contribution in [1.82, 2.24) is 15.5 Å². The minimum absolute atomic E-state index is 0.122. The number of furan rings is 1. The molecule has 122 valence electrons. The van der Waals surface area contributed by atoms with Crippen LogP contribution in [-0.4, -0.2) is 27.4 Å². The van der Waals surface area contributed by atoms with Gasteiger partial charge in [-0.25, -0.2) is 0 Å². The van der Waals surface area contributed by atoms with E-state index >= 15 is 0 Å². The van der Waals surface area contributed by atoms with Gasteiger partial charge in [0, 0.05) is 22.3 Å². The highest BCUT2D eigenvalue weighted by Gasteiger charge is 2.44. The summed E-state index contributed by atoms with van der Waals surface area (Å²) in [4.78, 5) is 13.6. The van der Waals surface area contributed by atoms with Gasteiger partial charge in [-0.3, -0.25) is 9.89 Å². The highest BCUT2D eigenvalue weighted by molar-refractivity contribution is 8.01. The van der Waals surface area contributed by atoms with Gasteiger partial charge >= 0.3 is 0 Å². The van der Waals surface area contributed by atoms with Crippen LogP contribution in [0.15, 0.2) is 64.1 Å². The van der Waals surface area contributed by atoms with Gasteiger partial charge in [-0.2, -0.15) is 5.10 Å². The van der Waals surface area contributed by atoms with Crippen LogP contribution < -0.4 is 5.32 Å². The predicted molar refractivity (Wildman–Crippen MR) is 92.9 cm³/mol. The molecule has 3 aromatic rings. The number of H-pyrrole nitrogens is 1. The average molecular weight is 339 g/mol. The van der Waals surface area contributed by atoms with Crippen LogP contribution in [-0.2, 0) is 0 Å². The number of hydrogen-bond donors (Lipinski definition) is 2. The first-order chi connectivity index (χ1) is 11.7. The Hall–Kier alpha value is -2.47. The van der Waals surface area contributed by atoms with E-state index in [2.05, 4.69) is 27.6 Å². The van der Waals surface area contributed by atoms with Crippen molar-refractivity contribution >= 4 is 17.7 Å². The molecule has 0 aliphatic heterocycles. The molecule has 1 aliphatic rings. The summed E-state index contributed by atoms with van der Waals surface area (Å²) in [6.45, 7) is 0.647. The molecule has 0 atom stereocenters. The van der Waals surface area contributed by atoms with E-state index < -0.39 is 0 Å². The van der Waals surface area contributed by atoms with Crippen LogP contribution in [0.3, 0.4) is 0 Å². The highest BCUT2D eigenvalue weighted by Crippen LogP contribution is 2.51. The van der Waals surface area contributed by atoms with Crippen molar-refractivity contribution in [2.75, 3.05) is 6.54 Å². The number of aromatic nitrogens is 2. The first kappa shape index (κ1) is 15.1. The van der Waals surface area contributed by atoms with Crippen molar-refractivity contribution < 1.29 is 9.21 Å². The molecular weight excluding hydrogens is 322 g/mol. The largest absolute Gasteiger partial charge is 0.463 e. The van der Waals surface area contributed by atoms with E-state index in [0.29, 0.717) is 23.7 Å². The second-order valence-electron chi connectivity index (χ2n) is 5.92. The topological polar surface area (TPSA) is 70.9 Å². The molecule has 0 unspecified atom stereocenters. The number of thioether (sulfide) groups is 1. The van der Waals surface area contributed by atoms with Crippen molar-refractivity contribution in [3.8, 4) is 11.5 Å². The number of hydrogen-bond acceptors (Lipinski definition) is 4. The van der Waals surface area contributed by atoms with Crippen molar-refractivity contribution in [2.45, 2.75) is 22.5 Å². The third-order valence-corrected chi connectivity index (χ3v) is 5.55. The molecule has 1 aromatic carbocycles. The summed E-state index contributed by atoms with van der Waals surface area (Å²) in [6, 6.07) is 15.6. The Labute approximate surface area is 143 Å². The number of carbonyl (C=O) groups excluding carboxylic acids is 1. The molecule has 0 bridgehead atoms. The van der Waals surface area contributed by atoms with Crippen LogP contribution in [0.25, 0.3) is 11.5 Å². The quantitative estimate of drug-likeness (QED) is 0.718. The molecular formula is C18H17N3O2S. The maximum absolute atomic E-state index is 12.3. The Morgan fingerprint density at radius 2 is 2.08 bits per heavy atom. The van der Waals surface area contributed by atoms with Crippen molar-refractivity contribution in [1.29, 1.82) is 0 Å². The fraction of sp³-hybridized carbons (Fsp3) is 0.222. The fourth-order valence-corrected chi connectivity index (χ4v) is 3.76. The summed E-state index contributed by atoms with van der Waals surface area (Å²) in [7, 11) is 0. The molecule has 24 heavy (non-hydrogen) atoms. The smallest absolute Gasteiger partial charge is 0.271 e. The van der Waals surface area contributed by atoms with Crippen molar-refractivity contribution in [3.05, 3.63) is 60.5 Å². The summed E-state index contributed by atoms with van der Waals surface area (Å²) in [5, 5.41) is 9.91. The number of nitrogens with one attached hydrogen (secondary N) is 2. The zero-order chi connectivity index (χ0) is 16.4. The van der Waals surface area contributed by atoms with Gasteiger partial charge in [-0.05, 0) is 37.1 Å². The third kappa shape index (κ3) is 3.23. The summed E-state index contributed by atoms with van der Waals surface area (Å²) >= 11 is 1.84. The predicted octanol–water partition coefficient (Wildman–Crippen LogP) is 3.72. The lowest BCUT2D eigenvalue weighted by Crippen LogP contribution is -2.32. The molecule has 1 saturated carbocycles. The molecule has 0 spiro atoms. The van der Waals surface area contributed by atoms with Gasteiger partial charge in [-0.1, -0.05) is 18.2 Å². The Balaban J connectivity index is 1.37. The van der Waals surface area contributed by atoms with Crippen LogP contribution in [0.2, 0.25) is 0 Å². The van der Waals surface area contributed by atoms with Gasteiger partial charge < -0.3 is 9.73 Å². The van der Waals surface area contributed by atoms with Gasteiger partial charge in [0.25, 0.3) is 5.91 Å². The molecule has 0 saturated heterocycles. The Kier molecular flexibility index (Phi) is 3.90. The minimum Gasteiger partial charge on any atom is -0.463 e. The summed E-state index contributed by atoms with van der Waals surface area (Å²) in [5.74, 6) is 0.504. The molecule has 4 rings (SSSR count). The normalized spacial score (nSPS) is 15.2. The molecule has 0 radical (unpaired) electrons. The minimum atomic E-state index is -0.163. The summed E-state index contributed by atoms with van der Waals surface area (Å²) in [5.41, 5.74) is 1.08. The lowest BCUT2D eigenvalue weighted by Gasteiger charge is -2.15. The summed E-state index contributed by atoms with van der Waals surface area (Å²) < 4.78 is 5.42. The van der Waals surface area contributed by atoms with Gasteiger partial charge in [0.2, 0.25) is 0 Å². The van der Waals surface area contributed by atoms with Crippen molar-refractivity contribution in [3.63, 3.8) is 0 Å². The van der Waals surface area contributed by atoms with Gasteiger partial charge in [-0.15, -0.1) is 11.8 Å². The van der Waals surface area contributed by atoms with Crippen LogP contribution >= 0.6 is 11.8 Å². The van der Waals surface area contributed by atoms with E-state index in [0.717, 1.165) is 12.8 Å². The number of nitrogens with zero attached hydrogens (tertiary/aromatic N) is 1. The number of aromatic amines is 1. The van der Waals surface area contributed by atoms with Gasteiger partial charge in [0.15, 0.2) is 11.5 Å². The third-order valence-electron chi connectivity index (χ3n) is 4.05. The molecule has 6 heteroatoms. The second kappa shape index (κ2) is 6.20. The monoisotopic (exact) mass is 339 g/mol. The zero-order valence-corrected chi connectivity index (χ0v) is 13.8. The van der Waals surface area contributed by atoms with E-state index in [1.54, 1.807) is 18.4 Å². The number of amides is 1. The van der Waals surface area contributed by atoms with E-state index in [1.165, 1.54) is 4.90 Å². The zero-order valence-electron chi connectivity index (χ0n) is 13.0. The Bertz CT molecular complexity index is 823. The van der Waals surface area contributed by atoms with E-state index in [9.17, 15) is 4.79 Å². The lowest BCUT2D eigenvalue weighted by molar-refractivity contribution is 0.0948. The van der Waals surface area contributed by atoms with Gasteiger partial charge in [0.05, 0.1) is 6.26 Å². The van der Waals surface area contributed by atoms with Gasteiger partial charge in [0.1, 0.15) is 5.69 Å². The Morgan fingerprint density at radius 1 is 1.25 bits per heavy atom. The standard InChI is InChI=1S/C18H17N3O2S/c22-17(15-11-14(20-21-15)16-7-4-10-23-16)19-12-18(8-9-18)24-13-5-2-1-3-6-13/h1-7,10-11H,8-9,12H2,(H,19,22)(H,20,21). The number of benzene rings is 1. The first-order valence-electron chi connectivity index (χ1n) is 7.86. The maximum atomic E-state index is 12.3. The van der Waals surface area contributed by atoms with Crippen LogP contribution in [0.5, 0.6) is 0 Å². The second-order valence-corrected chi connectivity index (χ2v) is 7.47. The SMILES string of the molecule is O=C(NCC1(Sc2ccccc2)CC1)c1cc(-c2ccco2)[nH]n1. The average Bonchev–Trinajstić information content (AvgIpc) is 3.04. The number of rotatable bonds is 6. The highest BCUT2D eigenvalue weighted by atomic mass is 32.2. The lowest BCUT2D eigenvalue weighted by atomic mass is 10.3.